The Balaban J connectivity index is 1.57. The molecule has 4 rings (SSSR count). The van der Waals surface area contributed by atoms with Gasteiger partial charge in [0.15, 0.2) is 0 Å². The summed E-state index contributed by atoms with van der Waals surface area (Å²) < 4.78 is 7.65. The molecule has 2 atom stereocenters. The fourth-order valence-corrected chi connectivity index (χ4v) is 4.19. The summed E-state index contributed by atoms with van der Waals surface area (Å²) in [7, 11) is 2.05. The van der Waals surface area contributed by atoms with Gasteiger partial charge in [0.25, 0.3) is 0 Å². The van der Waals surface area contributed by atoms with Gasteiger partial charge in [0.2, 0.25) is 0 Å². The molecule has 0 unspecified atom stereocenters. The van der Waals surface area contributed by atoms with E-state index in [-0.39, 0.29) is 5.92 Å². The summed E-state index contributed by atoms with van der Waals surface area (Å²) in [6.07, 6.45) is 2.69. The smallest absolute Gasteiger partial charge is 0.311 e. The number of nitrogens with zero attached hydrogens (tertiary/aromatic N) is 2. The molecule has 2 aliphatic rings. The van der Waals surface area contributed by atoms with Crippen molar-refractivity contribution < 1.29 is 14.6 Å². The van der Waals surface area contributed by atoms with Gasteiger partial charge in [0.05, 0.1) is 12.0 Å². The lowest BCUT2D eigenvalue weighted by Gasteiger charge is -2.34. The van der Waals surface area contributed by atoms with Crippen LogP contribution >= 0.6 is 0 Å². The number of benzene rings is 1. The summed E-state index contributed by atoms with van der Waals surface area (Å²) in [5.41, 5.74) is 1.84. The molecule has 2 saturated heterocycles. The van der Waals surface area contributed by atoms with Gasteiger partial charge >= 0.3 is 5.97 Å². The molecular weight excluding hydrogens is 292 g/mol. The van der Waals surface area contributed by atoms with Gasteiger partial charge < -0.3 is 14.4 Å². The number of hydrogen-bond donors (Lipinski definition) is 1. The Bertz CT molecular complexity index is 754. The summed E-state index contributed by atoms with van der Waals surface area (Å²) in [5.74, 6) is -0.557. The average Bonchev–Trinajstić information content (AvgIpc) is 3.09. The fourth-order valence-electron chi connectivity index (χ4n) is 4.19. The number of carboxylic acids is 1. The lowest BCUT2D eigenvalue weighted by atomic mass is 9.74. The Labute approximate surface area is 135 Å². The lowest BCUT2D eigenvalue weighted by molar-refractivity contribution is -0.157. The van der Waals surface area contributed by atoms with Crippen LogP contribution in [0.15, 0.2) is 30.5 Å². The SMILES string of the molecule is Cn1ccc2ccc(CN3C[C@@H]4COCC[C@]4(C(=O)O)C3)cc21. The first-order valence-corrected chi connectivity index (χ1v) is 8.16. The number of fused-ring (bicyclic) bond motifs is 2. The predicted octanol–water partition coefficient (Wildman–Crippen LogP) is 2.10. The third-order valence-corrected chi connectivity index (χ3v) is 5.56. The van der Waals surface area contributed by atoms with Gasteiger partial charge in [-0.05, 0) is 29.5 Å². The quantitative estimate of drug-likeness (QED) is 0.943. The third kappa shape index (κ3) is 2.35. The minimum atomic E-state index is -0.661. The normalized spacial score (nSPS) is 28.1. The highest BCUT2D eigenvalue weighted by atomic mass is 16.5. The number of ether oxygens (including phenoxy) is 1. The van der Waals surface area contributed by atoms with Crippen LogP contribution in [0.3, 0.4) is 0 Å². The standard InChI is InChI=1S/C18H22N2O3/c1-19-6-4-14-3-2-13(8-16(14)19)9-20-10-15-11-23-7-5-18(15,12-20)17(21)22/h2-4,6,8,15H,5,7,9-12H2,1H3,(H,21,22)/t15-,18+/m1/s1. The van der Waals surface area contributed by atoms with Crippen LogP contribution in [0.5, 0.6) is 0 Å². The Morgan fingerprint density at radius 3 is 3.09 bits per heavy atom. The van der Waals surface area contributed by atoms with Crippen molar-refractivity contribution in [1.29, 1.82) is 0 Å². The largest absolute Gasteiger partial charge is 0.481 e. The zero-order valence-electron chi connectivity index (χ0n) is 13.4. The highest BCUT2D eigenvalue weighted by Crippen LogP contribution is 2.42. The number of aliphatic carboxylic acids is 1. The number of carboxylic acid groups (broad SMARTS) is 1. The topological polar surface area (TPSA) is 54.7 Å². The number of likely N-dealkylation sites (tertiary alicyclic amines) is 1. The highest BCUT2D eigenvalue weighted by molar-refractivity contribution is 5.80. The first-order chi connectivity index (χ1) is 11.1. The number of carbonyl (C=O) groups is 1. The number of hydrogen-bond acceptors (Lipinski definition) is 3. The average molecular weight is 314 g/mol. The molecule has 2 aromatic rings. The van der Waals surface area contributed by atoms with Crippen molar-refractivity contribution >= 4 is 16.9 Å². The van der Waals surface area contributed by atoms with E-state index in [1.807, 2.05) is 7.05 Å². The zero-order valence-corrected chi connectivity index (χ0v) is 13.4. The molecule has 1 aromatic carbocycles. The molecule has 0 amide bonds. The highest BCUT2D eigenvalue weighted by Gasteiger charge is 2.53. The molecule has 23 heavy (non-hydrogen) atoms. The molecule has 5 heteroatoms. The van der Waals surface area contributed by atoms with Crippen LogP contribution in [0.25, 0.3) is 10.9 Å². The first kappa shape index (κ1) is 14.7. The van der Waals surface area contributed by atoms with Crippen LogP contribution in [0, 0.1) is 11.3 Å². The van der Waals surface area contributed by atoms with Crippen LogP contribution in [-0.2, 0) is 23.1 Å². The molecule has 0 radical (unpaired) electrons. The van der Waals surface area contributed by atoms with Gasteiger partial charge in [-0.3, -0.25) is 9.69 Å². The molecular formula is C18H22N2O3. The molecule has 2 aliphatic heterocycles. The first-order valence-electron chi connectivity index (χ1n) is 8.16. The van der Waals surface area contributed by atoms with E-state index in [9.17, 15) is 9.90 Å². The van der Waals surface area contributed by atoms with E-state index in [1.165, 1.54) is 16.5 Å². The Hall–Kier alpha value is -1.85. The van der Waals surface area contributed by atoms with E-state index in [2.05, 4.69) is 39.9 Å². The Morgan fingerprint density at radius 1 is 1.43 bits per heavy atom. The maximum Gasteiger partial charge on any atom is 0.311 e. The molecule has 0 aliphatic carbocycles. The maximum absolute atomic E-state index is 11.9. The number of aromatic nitrogens is 1. The van der Waals surface area contributed by atoms with Gasteiger partial charge in [0, 0.05) is 50.9 Å². The molecule has 1 N–H and O–H groups in total. The van der Waals surface area contributed by atoms with E-state index in [0.29, 0.717) is 26.2 Å². The zero-order chi connectivity index (χ0) is 16.0. The molecule has 0 saturated carbocycles. The van der Waals surface area contributed by atoms with Crippen LogP contribution in [0.1, 0.15) is 12.0 Å². The fraction of sp³-hybridized carbons (Fsp3) is 0.500. The Morgan fingerprint density at radius 2 is 2.30 bits per heavy atom. The maximum atomic E-state index is 11.9. The van der Waals surface area contributed by atoms with Crippen molar-refractivity contribution in [3.05, 3.63) is 36.0 Å². The predicted molar refractivity (Wildman–Crippen MR) is 87.2 cm³/mol. The van der Waals surface area contributed by atoms with E-state index in [4.69, 9.17) is 4.74 Å². The molecule has 0 spiro atoms. The van der Waals surface area contributed by atoms with Crippen LogP contribution < -0.4 is 0 Å². The van der Waals surface area contributed by atoms with Crippen LogP contribution in [0.4, 0.5) is 0 Å². The minimum absolute atomic E-state index is 0.104. The molecule has 122 valence electrons. The molecule has 5 nitrogen and oxygen atoms in total. The van der Waals surface area contributed by atoms with Gasteiger partial charge in [-0.2, -0.15) is 0 Å². The van der Waals surface area contributed by atoms with Crippen molar-refractivity contribution in [3.63, 3.8) is 0 Å². The summed E-state index contributed by atoms with van der Waals surface area (Å²) in [6.45, 7) is 3.36. The second-order valence-corrected chi connectivity index (χ2v) is 6.97. The lowest BCUT2D eigenvalue weighted by Crippen LogP contribution is -2.44. The van der Waals surface area contributed by atoms with Gasteiger partial charge in [-0.25, -0.2) is 0 Å². The summed E-state index contributed by atoms with van der Waals surface area (Å²) >= 11 is 0. The van der Waals surface area contributed by atoms with Crippen molar-refractivity contribution in [2.75, 3.05) is 26.3 Å². The summed E-state index contributed by atoms with van der Waals surface area (Å²) in [5, 5.41) is 11.0. The van der Waals surface area contributed by atoms with Gasteiger partial charge in [-0.1, -0.05) is 12.1 Å². The van der Waals surface area contributed by atoms with E-state index < -0.39 is 11.4 Å². The third-order valence-electron chi connectivity index (χ3n) is 5.56. The monoisotopic (exact) mass is 314 g/mol. The van der Waals surface area contributed by atoms with Crippen LogP contribution in [-0.4, -0.2) is 46.8 Å². The molecule has 2 fully saturated rings. The van der Waals surface area contributed by atoms with E-state index in [0.717, 1.165) is 13.1 Å². The van der Waals surface area contributed by atoms with Crippen molar-refractivity contribution in [2.24, 2.45) is 18.4 Å². The summed E-state index contributed by atoms with van der Waals surface area (Å²) in [6, 6.07) is 8.61. The second-order valence-electron chi connectivity index (χ2n) is 6.97. The van der Waals surface area contributed by atoms with Gasteiger partial charge in [-0.15, -0.1) is 0 Å². The van der Waals surface area contributed by atoms with Crippen molar-refractivity contribution in [2.45, 2.75) is 13.0 Å². The number of aryl methyl sites for hydroxylation is 1. The molecule has 0 bridgehead atoms. The van der Waals surface area contributed by atoms with Crippen LogP contribution in [0.2, 0.25) is 0 Å². The summed E-state index contributed by atoms with van der Waals surface area (Å²) in [4.78, 5) is 14.1. The van der Waals surface area contributed by atoms with Gasteiger partial charge in [0.1, 0.15) is 0 Å². The molecule has 3 heterocycles. The van der Waals surface area contributed by atoms with Crippen molar-refractivity contribution in [3.8, 4) is 0 Å². The minimum Gasteiger partial charge on any atom is -0.481 e. The molecule has 1 aromatic heterocycles. The van der Waals surface area contributed by atoms with E-state index in [1.54, 1.807) is 0 Å². The second kappa shape index (κ2) is 5.35. The Kier molecular flexibility index (Phi) is 3.43. The van der Waals surface area contributed by atoms with Crippen molar-refractivity contribution in [1.82, 2.24) is 9.47 Å². The number of rotatable bonds is 3. The van der Waals surface area contributed by atoms with E-state index >= 15 is 0 Å².